The van der Waals surface area contributed by atoms with E-state index in [1.54, 1.807) is 17.1 Å². The third kappa shape index (κ3) is 5.59. The first-order chi connectivity index (χ1) is 20.4. The summed E-state index contributed by atoms with van der Waals surface area (Å²) in [5, 5.41) is 17.6. The first-order valence-electron chi connectivity index (χ1n) is 14.6. The molecule has 236 valence electrons. The van der Waals surface area contributed by atoms with Crippen molar-refractivity contribution in [3.63, 3.8) is 0 Å². The Hall–Kier alpha value is -2.55. The van der Waals surface area contributed by atoms with Gasteiger partial charge in [-0.1, -0.05) is 0 Å². The second-order valence-corrected chi connectivity index (χ2v) is 13.9. The number of nitrogens with one attached hydrogen (secondary N) is 3. The van der Waals surface area contributed by atoms with Crippen LogP contribution in [0.3, 0.4) is 0 Å². The Morgan fingerprint density at radius 1 is 1.21 bits per heavy atom. The molecule has 11 nitrogen and oxygen atoms in total. The lowest BCUT2D eigenvalue weighted by Gasteiger charge is -2.48. The number of halogens is 4. The number of carbonyl (C=O) groups excluding carboxylic acids is 1. The lowest BCUT2D eigenvalue weighted by Crippen LogP contribution is -2.65. The Bertz CT molecular complexity index is 1380. The van der Waals surface area contributed by atoms with Gasteiger partial charge in [-0.3, -0.25) is 9.69 Å². The molecule has 0 radical (unpaired) electrons. The van der Waals surface area contributed by atoms with Crippen molar-refractivity contribution < 1.29 is 35.5 Å². The van der Waals surface area contributed by atoms with Gasteiger partial charge in [0.2, 0.25) is 15.9 Å². The summed E-state index contributed by atoms with van der Waals surface area (Å²) in [6.45, 7) is -0.0191. The van der Waals surface area contributed by atoms with Crippen molar-refractivity contribution in [2.45, 2.75) is 79.7 Å². The van der Waals surface area contributed by atoms with Gasteiger partial charge >= 0.3 is 6.18 Å². The van der Waals surface area contributed by atoms with Gasteiger partial charge in [-0.15, -0.1) is 0 Å². The van der Waals surface area contributed by atoms with E-state index in [9.17, 15) is 31.6 Å². The number of alkyl halides is 4. The number of amides is 1. The summed E-state index contributed by atoms with van der Waals surface area (Å²) in [5.41, 5.74) is 3.26. The highest BCUT2D eigenvalue weighted by molar-refractivity contribution is 7.89. The summed E-state index contributed by atoms with van der Waals surface area (Å²) < 4.78 is 87.4. The van der Waals surface area contributed by atoms with E-state index in [0.717, 1.165) is 0 Å². The van der Waals surface area contributed by atoms with Crippen LogP contribution in [0.5, 0.6) is 0 Å². The van der Waals surface area contributed by atoms with Crippen LogP contribution < -0.4 is 16.1 Å². The number of ether oxygens (including phenoxy) is 1. The normalized spacial score (nSPS) is 33.9. The van der Waals surface area contributed by atoms with E-state index in [0.29, 0.717) is 43.7 Å². The van der Waals surface area contributed by atoms with Crippen LogP contribution in [-0.2, 0) is 26.1 Å². The number of nitrogens with zero attached hydrogens (tertiary/aromatic N) is 4. The molecule has 1 aromatic rings. The Balaban J connectivity index is 1.20. The third-order valence-corrected chi connectivity index (χ3v) is 11.5. The molecular weight excluding hydrogens is 594 g/mol. The molecule has 16 heteroatoms. The van der Waals surface area contributed by atoms with E-state index in [2.05, 4.69) is 22.1 Å². The van der Waals surface area contributed by atoms with Crippen LogP contribution in [0.25, 0.3) is 0 Å². The quantitative estimate of drug-likeness (QED) is 0.403. The topological polar surface area (TPSA) is 130 Å². The number of likely N-dealkylation sites (tertiary alicyclic amines) is 1. The minimum absolute atomic E-state index is 0.0796. The monoisotopic (exact) mass is 629 g/mol. The number of hydrogen-bond acceptors (Lipinski definition) is 9. The summed E-state index contributed by atoms with van der Waals surface area (Å²) in [7, 11) is -3.82. The van der Waals surface area contributed by atoms with Gasteiger partial charge in [0.1, 0.15) is 12.3 Å². The highest BCUT2D eigenvalue weighted by atomic mass is 32.2. The van der Waals surface area contributed by atoms with Crippen molar-refractivity contribution in [3.8, 4) is 6.07 Å². The number of nitriles is 1. The molecule has 6 rings (SSSR count). The van der Waals surface area contributed by atoms with Gasteiger partial charge in [0.15, 0.2) is 0 Å². The van der Waals surface area contributed by atoms with Gasteiger partial charge in [0.25, 0.3) is 0 Å². The zero-order valence-corrected chi connectivity index (χ0v) is 24.3. The van der Waals surface area contributed by atoms with Crippen LogP contribution in [0.15, 0.2) is 23.1 Å². The Morgan fingerprint density at radius 2 is 1.98 bits per heavy atom. The minimum Gasteiger partial charge on any atom is -0.378 e. The lowest BCUT2D eigenvalue weighted by atomic mass is 9.81. The van der Waals surface area contributed by atoms with E-state index in [4.69, 9.17) is 4.74 Å². The van der Waals surface area contributed by atoms with Gasteiger partial charge in [0.05, 0.1) is 42.0 Å². The Kier molecular flexibility index (Phi) is 8.10. The molecule has 0 bridgehead atoms. The Morgan fingerprint density at radius 3 is 2.67 bits per heavy atom. The standard InChI is InChI=1S/C27H35F4N7O4S/c28-22-15-42-12-7-26(22,6-8-32)38-20-3-9-33-25(39)23(20)24(35-38)34-18-1-2-21-17(13-18)14-37(43(21,40)41)19-4-10-36(11-5-19)16-27(29,30)31/h1-2,13,19-20,22-24,34-35H,3-7,9-12,14-16H2,(H,33,39)/t20?,22-,23?,24?,26+/m0/s1. The molecular formula is C27H35F4N7O4S. The predicted octanol–water partition coefficient (Wildman–Crippen LogP) is 1.69. The maximum Gasteiger partial charge on any atom is 0.401 e. The fourth-order valence-corrected chi connectivity index (χ4v) is 9.23. The number of rotatable bonds is 6. The van der Waals surface area contributed by atoms with Crippen LogP contribution in [0.1, 0.15) is 37.7 Å². The van der Waals surface area contributed by atoms with Gasteiger partial charge in [-0.2, -0.15) is 22.7 Å². The van der Waals surface area contributed by atoms with Crippen molar-refractivity contribution in [2.24, 2.45) is 5.92 Å². The number of fused-ring (bicyclic) bond motifs is 2. The first kappa shape index (κ1) is 30.5. The van der Waals surface area contributed by atoms with E-state index in [1.807, 2.05) is 0 Å². The average molecular weight is 630 g/mol. The summed E-state index contributed by atoms with van der Waals surface area (Å²) >= 11 is 0. The zero-order valence-electron chi connectivity index (χ0n) is 23.4. The SMILES string of the molecule is N#CC[C@@]1(N2NC(Nc3ccc4c(c3)CN(C3CCN(CC(F)(F)F)CC3)S4(=O)=O)C3C(=O)NCCC32)CCOC[C@@H]1F. The summed E-state index contributed by atoms with van der Waals surface area (Å²) in [5.74, 6) is -0.806. The summed E-state index contributed by atoms with van der Waals surface area (Å²) in [4.78, 5) is 14.5. The van der Waals surface area contributed by atoms with Crippen molar-refractivity contribution in [3.05, 3.63) is 23.8 Å². The number of piperidine rings is 2. The van der Waals surface area contributed by atoms with Gasteiger partial charge in [-0.05, 0) is 49.4 Å². The average Bonchev–Trinajstić information content (AvgIpc) is 3.45. The Labute approximate surface area is 247 Å². The fourth-order valence-electron chi connectivity index (χ4n) is 7.37. The zero-order chi connectivity index (χ0) is 30.6. The van der Waals surface area contributed by atoms with Crippen LogP contribution in [0, 0.1) is 17.2 Å². The van der Waals surface area contributed by atoms with Crippen LogP contribution in [0.2, 0.25) is 0 Å². The lowest BCUT2D eigenvalue weighted by molar-refractivity contribution is -0.148. The molecule has 4 saturated heterocycles. The van der Waals surface area contributed by atoms with Crippen LogP contribution >= 0.6 is 0 Å². The molecule has 1 amide bonds. The molecule has 5 atom stereocenters. The minimum atomic E-state index is -4.30. The molecule has 5 aliphatic heterocycles. The van der Waals surface area contributed by atoms with Gasteiger partial charge in [-0.25, -0.2) is 23.2 Å². The van der Waals surface area contributed by atoms with E-state index in [1.165, 1.54) is 15.3 Å². The molecule has 3 N–H and O–H groups in total. The summed E-state index contributed by atoms with van der Waals surface area (Å²) in [6.07, 6.45) is -5.02. The fraction of sp³-hybridized carbons (Fsp3) is 0.704. The number of benzene rings is 1. The van der Waals surface area contributed by atoms with Gasteiger partial charge in [0, 0.05) is 50.6 Å². The van der Waals surface area contributed by atoms with Crippen molar-refractivity contribution in [2.75, 3.05) is 44.7 Å². The number of sulfonamides is 1. The molecule has 1 aromatic carbocycles. The predicted molar refractivity (Wildman–Crippen MR) is 145 cm³/mol. The molecule has 43 heavy (non-hydrogen) atoms. The van der Waals surface area contributed by atoms with Crippen molar-refractivity contribution in [1.82, 2.24) is 25.0 Å². The molecule has 5 heterocycles. The van der Waals surface area contributed by atoms with E-state index < -0.39 is 52.6 Å². The molecule has 3 unspecified atom stereocenters. The molecule has 5 aliphatic rings. The maximum atomic E-state index is 15.5. The maximum absolute atomic E-state index is 15.5. The second kappa shape index (κ2) is 11.4. The van der Waals surface area contributed by atoms with E-state index >= 15 is 4.39 Å². The highest BCUT2D eigenvalue weighted by Crippen LogP contribution is 2.42. The summed E-state index contributed by atoms with van der Waals surface area (Å²) in [6, 6.07) is 6.18. The third-order valence-electron chi connectivity index (χ3n) is 9.48. The van der Waals surface area contributed by atoms with Crippen LogP contribution in [-0.4, -0.2) is 104 Å². The van der Waals surface area contributed by atoms with E-state index in [-0.39, 0.29) is 55.9 Å². The number of carbonyl (C=O) groups is 1. The number of hydrogen-bond donors (Lipinski definition) is 3. The second-order valence-electron chi connectivity index (χ2n) is 12.0. The smallest absolute Gasteiger partial charge is 0.378 e. The van der Waals surface area contributed by atoms with Crippen molar-refractivity contribution >= 4 is 21.6 Å². The molecule has 0 aliphatic carbocycles. The number of anilines is 1. The highest BCUT2D eigenvalue weighted by Gasteiger charge is 2.58. The molecule has 0 aromatic heterocycles. The number of hydrazine groups is 1. The van der Waals surface area contributed by atoms with Crippen molar-refractivity contribution in [1.29, 1.82) is 5.26 Å². The molecule has 4 fully saturated rings. The molecule has 0 saturated carbocycles. The first-order valence-corrected chi connectivity index (χ1v) is 16.0. The van der Waals surface area contributed by atoms with Crippen LogP contribution in [0.4, 0.5) is 23.2 Å². The molecule has 0 spiro atoms. The largest absolute Gasteiger partial charge is 0.401 e. The van der Waals surface area contributed by atoms with Gasteiger partial charge < -0.3 is 15.4 Å².